The second-order valence-corrected chi connectivity index (χ2v) is 9.50. The summed E-state index contributed by atoms with van der Waals surface area (Å²) < 4.78 is 0. The van der Waals surface area contributed by atoms with Gasteiger partial charge in [0.1, 0.15) is 5.70 Å². The summed E-state index contributed by atoms with van der Waals surface area (Å²) in [7, 11) is 0. The SMILES string of the molecule is C[C@@H](O)[C@H]1C(=O)N2C(C(=O)O)=C(S[C@@H]3CN[C@@H](c4cccc(CN)c4)C3)[C@H](C)[C@H]12.Cl. The maximum Gasteiger partial charge on any atom is 0.353 e. The van der Waals surface area contributed by atoms with Crippen LogP contribution < -0.4 is 11.1 Å². The number of aliphatic carboxylic acids is 1. The highest BCUT2D eigenvalue weighted by atomic mass is 35.5. The number of amides is 1. The van der Waals surface area contributed by atoms with E-state index < -0.39 is 18.0 Å². The molecular formula is C21H28ClN3O4S. The van der Waals surface area contributed by atoms with E-state index in [1.54, 1.807) is 18.7 Å². The number of aliphatic hydroxyl groups is 1. The summed E-state index contributed by atoms with van der Waals surface area (Å²) in [6.07, 6.45) is 0.0956. The van der Waals surface area contributed by atoms with Crippen molar-refractivity contribution in [3.63, 3.8) is 0 Å². The van der Waals surface area contributed by atoms with E-state index in [1.807, 2.05) is 19.1 Å². The Balaban J connectivity index is 0.00000256. The molecule has 1 aromatic carbocycles. The monoisotopic (exact) mass is 453 g/mol. The van der Waals surface area contributed by atoms with E-state index in [0.29, 0.717) is 6.54 Å². The van der Waals surface area contributed by atoms with Crippen molar-refractivity contribution in [1.29, 1.82) is 0 Å². The summed E-state index contributed by atoms with van der Waals surface area (Å²) in [6.45, 7) is 4.83. The molecule has 0 radical (unpaired) electrons. The Morgan fingerprint density at radius 2 is 2.17 bits per heavy atom. The Kier molecular flexibility index (Phi) is 6.84. The van der Waals surface area contributed by atoms with Gasteiger partial charge in [0.2, 0.25) is 5.91 Å². The van der Waals surface area contributed by atoms with Crippen LogP contribution in [0.3, 0.4) is 0 Å². The van der Waals surface area contributed by atoms with Crippen LogP contribution in [0.15, 0.2) is 34.9 Å². The first-order valence-corrected chi connectivity index (χ1v) is 10.9. The molecule has 3 heterocycles. The minimum atomic E-state index is -1.07. The third-order valence-electron chi connectivity index (χ3n) is 6.28. The Morgan fingerprint density at radius 3 is 2.80 bits per heavy atom. The zero-order valence-electron chi connectivity index (χ0n) is 16.9. The van der Waals surface area contributed by atoms with Crippen LogP contribution in [0.4, 0.5) is 0 Å². The summed E-state index contributed by atoms with van der Waals surface area (Å²) in [4.78, 5) is 26.5. The van der Waals surface area contributed by atoms with Gasteiger partial charge in [0.25, 0.3) is 0 Å². The standard InChI is InChI=1S/C21H27N3O4S.ClH/c1-10-17-16(11(2)25)20(26)24(17)18(21(27)28)19(10)29-14-7-15(23-9-14)13-5-3-4-12(6-13)8-22;/h3-6,10-11,14-17,23,25H,7-9,22H2,1-2H3,(H,27,28);1H/t10-,11-,14+,15-,16-,17-;/m1./s1. The molecule has 1 aromatic rings. The number of thioether (sulfide) groups is 1. The number of fused-ring (bicyclic) bond motifs is 1. The number of aliphatic hydroxyl groups excluding tert-OH is 1. The number of hydrogen-bond donors (Lipinski definition) is 4. The molecule has 5 N–H and O–H groups in total. The minimum absolute atomic E-state index is 0. The number of carbonyl (C=O) groups excluding carboxylic acids is 1. The number of carboxylic acid groups (broad SMARTS) is 1. The van der Waals surface area contributed by atoms with E-state index in [9.17, 15) is 19.8 Å². The number of nitrogens with zero attached hydrogens (tertiary/aromatic N) is 1. The van der Waals surface area contributed by atoms with E-state index in [-0.39, 0.29) is 47.3 Å². The highest BCUT2D eigenvalue weighted by Crippen LogP contribution is 2.52. The smallest absolute Gasteiger partial charge is 0.353 e. The lowest BCUT2D eigenvalue weighted by atomic mass is 9.79. The van der Waals surface area contributed by atoms with Gasteiger partial charge in [0.05, 0.1) is 18.1 Å². The molecule has 0 spiro atoms. The zero-order valence-corrected chi connectivity index (χ0v) is 18.6. The zero-order chi connectivity index (χ0) is 20.9. The van der Waals surface area contributed by atoms with Gasteiger partial charge < -0.3 is 26.2 Å². The molecule has 6 atom stereocenters. The Labute approximate surface area is 186 Å². The van der Waals surface area contributed by atoms with Gasteiger partial charge in [0.15, 0.2) is 0 Å². The molecule has 2 fully saturated rings. The molecule has 30 heavy (non-hydrogen) atoms. The third kappa shape index (κ3) is 3.76. The maximum atomic E-state index is 12.5. The average molecular weight is 454 g/mol. The molecular weight excluding hydrogens is 426 g/mol. The number of halogens is 1. The van der Waals surface area contributed by atoms with Crippen molar-refractivity contribution in [2.75, 3.05) is 6.54 Å². The second-order valence-electron chi connectivity index (χ2n) is 8.16. The van der Waals surface area contributed by atoms with Crippen molar-refractivity contribution < 1.29 is 19.8 Å². The van der Waals surface area contributed by atoms with Crippen molar-refractivity contribution in [2.24, 2.45) is 17.6 Å². The van der Waals surface area contributed by atoms with E-state index in [1.165, 1.54) is 10.5 Å². The van der Waals surface area contributed by atoms with Crippen molar-refractivity contribution >= 4 is 36.0 Å². The molecule has 0 aliphatic carbocycles. The lowest BCUT2D eigenvalue weighted by Crippen LogP contribution is -2.63. The molecule has 1 amide bonds. The molecule has 2 saturated heterocycles. The number of β-lactam (4-membered cyclic amide) rings is 1. The fourth-order valence-corrected chi connectivity index (χ4v) is 6.32. The van der Waals surface area contributed by atoms with Crippen LogP contribution in [0.25, 0.3) is 0 Å². The summed E-state index contributed by atoms with van der Waals surface area (Å²) in [5, 5.41) is 23.5. The Morgan fingerprint density at radius 1 is 1.43 bits per heavy atom. The van der Waals surface area contributed by atoms with E-state index in [2.05, 4.69) is 17.4 Å². The minimum Gasteiger partial charge on any atom is -0.477 e. The van der Waals surface area contributed by atoms with Gasteiger partial charge in [0, 0.05) is 35.2 Å². The van der Waals surface area contributed by atoms with Gasteiger partial charge in [-0.25, -0.2) is 4.79 Å². The predicted molar refractivity (Wildman–Crippen MR) is 118 cm³/mol. The average Bonchev–Trinajstić information content (AvgIpc) is 3.24. The first-order valence-electron chi connectivity index (χ1n) is 10.0. The molecule has 3 aliphatic rings. The van der Waals surface area contributed by atoms with Crippen LogP contribution >= 0.6 is 24.2 Å². The maximum absolute atomic E-state index is 12.5. The lowest BCUT2D eigenvalue weighted by molar-refractivity contribution is -0.163. The highest BCUT2D eigenvalue weighted by Gasteiger charge is 2.60. The predicted octanol–water partition coefficient (Wildman–Crippen LogP) is 1.86. The molecule has 3 aliphatic heterocycles. The molecule has 0 saturated carbocycles. The van der Waals surface area contributed by atoms with Crippen molar-refractivity contribution in [2.45, 2.75) is 50.3 Å². The summed E-state index contributed by atoms with van der Waals surface area (Å²) in [5.41, 5.74) is 8.13. The van der Waals surface area contributed by atoms with Crippen LogP contribution in [-0.2, 0) is 16.1 Å². The first kappa shape index (κ1) is 23.1. The molecule has 0 aromatic heterocycles. The molecule has 0 bridgehead atoms. The van der Waals surface area contributed by atoms with Gasteiger partial charge in [-0.05, 0) is 24.5 Å². The second kappa shape index (κ2) is 8.88. The molecule has 9 heteroatoms. The number of rotatable bonds is 6. The fourth-order valence-electron chi connectivity index (χ4n) is 4.84. The van der Waals surface area contributed by atoms with Crippen molar-refractivity contribution in [1.82, 2.24) is 10.2 Å². The van der Waals surface area contributed by atoms with Crippen LogP contribution in [0, 0.1) is 11.8 Å². The number of benzene rings is 1. The number of hydrogen-bond acceptors (Lipinski definition) is 6. The van der Waals surface area contributed by atoms with Gasteiger partial charge in [-0.3, -0.25) is 4.79 Å². The topological polar surface area (TPSA) is 116 Å². The Bertz CT molecular complexity index is 878. The van der Waals surface area contributed by atoms with E-state index >= 15 is 0 Å². The number of carboxylic acids is 1. The third-order valence-corrected chi connectivity index (χ3v) is 7.80. The Hall–Kier alpha value is -1.58. The highest BCUT2D eigenvalue weighted by molar-refractivity contribution is 8.03. The van der Waals surface area contributed by atoms with Crippen LogP contribution in [-0.4, -0.2) is 50.9 Å². The van der Waals surface area contributed by atoms with Crippen molar-refractivity contribution in [3.8, 4) is 0 Å². The lowest BCUT2D eigenvalue weighted by Gasteiger charge is -2.46. The molecule has 7 nitrogen and oxygen atoms in total. The number of nitrogens with one attached hydrogen (secondary N) is 1. The summed E-state index contributed by atoms with van der Waals surface area (Å²) in [5.74, 6) is -1.97. The normalized spacial score (nSPS) is 31.3. The summed E-state index contributed by atoms with van der Waals surface area (Å²) >= 11 is 1.57. The first-order chi connectivity index (χ1) is 13.8. The van der Waals surface area contributed by atoms with Gasteiger partial charge in [-0.1, -0.05) is 31.2 Å². The van der Waals surface area contributed by atoms with E-state index in [0.717, 1.165) is 23.4 Å². The number of nitrogens with two attached hydrogens (primary N) is 1. The summed E-state index contributed by atoms with van der Waals surface area (Å²) in [6, 6.07) is 8.16. The van der Waals surface area contributed by atoms with Gasteiger partial charge >= 0.3 is 5.97 Å². The van der Waals surface area contributed by atoms with Gasteiger partial charge in [-0.2, -0.15) is 0 Å². The van der Waals surface area contributed by atoms with E-state index in [4.69, 9.17) is 5.73 Å². The fraction of sp³-hybridized carbons (Fsp3) is 0.524. The quantitative estimate of drug-likeness (QED) is 0.486. The van der Waals surface area contributed by atoms with Crippen LogP contribution in [0.5, 0.6) is 0 Å². The molecule has 164 valence electrons. The van der Waals surface area contributed by atoms with Crippen LogP contribution in [0.2, 0.25) is 0 Å². The van der Waals surface area contributed by atoms with Crippen LogP contribution in [0.1, 0.15) is 37.4 Å². The molecule has 0 unspecified atom stereocenters. The largest absolute Gasteiger partial charge is 0.477 e. The molecule has 4 rings (SSSR count). The van der Waals surface area contributed by atoms with Crippen molar-refractivity contribution in [3.05, 3.63) is 46.0 Å². The number of carbonyl (C=O) groups is 2. The van der Waals surface area contributed by atoms with Gasteiger partial charge in [-0.15, -0.1) is 24.2 Å².